The first-order valence-corrected chi connectivity index (χ1v) is 12.4. The molecule has 1 saturated heterocycles. The van der Waals surface area contributed by atoms with E-state index < -0.39 is 15.7 Å². The maximum Gasteiger partial charge on any atom is 0.324 e. The Balaban J connectivity index is 1.19. The SMILES string of the molecule is CCc1noc(N2CCC([C@H]3C[C@H]3COCc3ccc(S(C)(=O)=O)c(F)c3)CC2)n1. The Morgan fingerprint density at radius 3 is 2.70 bits per heavy atom. The molecule has 2 aliphatic rings. The molecule has 2 fully saturated rings. The Morgan fingerprint density at radius 1 is 1.30 bits per heavy atom. The molecule has 164 valence electrons. The minimum Gasteiger partial charge on any atom is -0.376 e. The van der Waals surface area contributed by atoms with Crippen LogP contribution in [-0.4, -0.2) is 44.5 Å². The fraction of sp³-hybridized carbons (Fsp3) is 0.619. The lowest BCUT2D eigenvalue weighted by Gasteiger charge is -2.30. The second-order valence-corrected chi connectivity index (χ2v) is 10.4. The van der Waals surface area contributed by atoms with Crippen LogP contribution in [0.4, 0.5) is 10.4 Å². The van der Waals surface area contributed by atoms with Gasteiger partial charge in [0.15, 0.2) is 15.7 Å². The minimum absolute atomic E-state index is 0.272. The molecule has 0 bridgehead atoms. The normalized spacial score (nSPS) is 22.4. The van der Waals surface area contributed by atoms with E-state index in [1.54, 1.807) is 6.07 Å². The third kappa shape index (κ3) is 4.83. The molecular weight excluding hydrogens is 409 g/mol. The van der Waals surface area contributed by atoms with E-state index in [9.17, 15) is 12.8 Å². The van der Waals surface area contributed by atoms with E-state index in [0.717, 1.165) is 44.4 Å². The van der Waals surface area contributed by atoms with Crippen molar-refractivity contribution in [3.8, 4) is 0 Å². The Kier molecular flexibility index (Phi) is 6.11. The van der Waals surface area contributed by atoms with Crippen molar-refractivity contribution in [1.29, 1.82) is 0 Å². The summed E-state index contributed by atoms with van der Waals surface area (Å²) in [6.07, 6.45) is 5.18. The number of aromatic nitrogens is 2. The quantitative estimate of drug-likeness (QED) is 0.627. The number of halogens is 1. The molecule has 0 spiro atoms. The summed E-state index contributed by atoms with van der Waals surface area (Å²) in [6.45, 7) is 4.83. The van der Waals surface area contributed by atoms with Crippen molar-refractivity contribution in [3.63, 3.8) is 0 Å². The third-order valence-electron chi connectivity index (χ3n) is 6.16. The summed E-state index contributed by atoms with van der Waals surface area (Å²) in [7, 11) is -3.55. The number of piperidine rings is 1. The van der Waals surface area contributed by atoms with Crippen molar-refractivity contribution in [2.45, 2.75) is 44.1 Å². The monoisotopic (exact) mass is 437 g/mol. The lowest BCUT2D eigenvalue weighted by Crippen LogP contribution is -2.34. The van der Waals surface area contributed by atoms with Gasteiger partial charge in [-0.2, -0.15) is 4.98 Å². The summed E-state index contributed by atoms with van der Waals surface area (Å²) < 4.78 is 48.1. The predicted octanol–water partition coefficient (Wildman–Crippen LogP) is 3.24. The molecule has 30 heavy (non-hydrogen) atoms. The lowest BCUT2D eigenvalue weighted by atomic mass is 9.91. The zero-order valence-electron chi connectivity index (χ0n) is 17.4. The van der Waals surface area contributed by atoms with Gasteiger partial charge >= 0.3 is 6.01 Å². The number of nitrogens with zero attached hydrogens (tertiary/aromatic N) is 3. The van der Waals surface area contributed by atoms with Crippen LogP contribution in [0.25, 0.3) is 0 Å². The van der Waals surface area contributed by atoms with Crippen LogP contribution in [0.1, 0.15) is 37.6 Å². The highest BCUT2D eigenvalue weighted by Crippen LogP contribution is 2.48. The van der Waals surface area contributed by atoms with Crippen LogP contribution >= 0.6 is 0 Å². The summed E-state index contributed by atoms with van der Waals surface area (Å²) in [6, 6.07) is 4.80. The van der Waals surface area contributed by atoms with Gasteiger partial charge in [0.1, 0.15) is 10.7 Å². The zero-order chi connectivity index (χ0) is 21.3. The fourth-order valence-electron chi connectivity index (χ4n) is 4.34. The number of benzene rings is 1. The summed E-state index contributed by atoms with van der Waals surface area (Å²) >= 11 is 0. The molecule has 0 amide bonds. The first-order valence-electron chi connectivity index (χ1n) is 10.5. The van der Waals surface area contributed by atoms with Crippen molar-refractivity contribution >= 4 is 15.9 Å². The van der Waals surface area contributed by atoms with E-state index >= 15 is 0 Å². The van der Waals surface area contributed by atoms with Crippen molar-refractivity contribution < 1.29 is 22.1 Å². The summed E-state index contributed by atoms with van der Waals surface area (Å²) in [4.78, 5) is 6.32. The number of aryl methyl sites for hydroxylation is 1. The molecule has 2 atom stereocenters. The maximum atomic E-state index is 14.0. The molecule has 4 rings (SSSR count). The second-order valence-electron chi connectivity index (χ2n) is 8.38. The van der Waals surface area contributed by atoms with Crippen molar-refractivity contribution in [1.82, 2.24) is 10.1 Å². The molecular formula is C21H28FN3O4S. The number of anilines is 1. The Hall–Kier alpha value is -2.00. The van der Waals surface area contributed by atoms with E-state index in [4.69, 9.17) is 9.26 Å². The van der Waals surface area contributed by atoms with Crippen LogP contribution in [0.15, 0.2) is 27.6 Å². The standard InChI is InChI=1S/C21H28FN3O4S/c1-3-20-23-21(29-24-20)25-8-6-15(7-9-25)17-11-16(17)13-28-12-14-4-5-19(18(22)10-14)30(2,26)27/h4-5,10,15-17H,3,6-9,11-13H2,1-2H3/t16-,17+/m0/s1. The molecule has 0 unspecified atom stereocenters. The average Bonchev–Trinajstić information content (AvgIpc) is 3.31. The third-order valence-corrected chi connectivity index (χ3v) is 7.29. The highest BCUT2D eigenvalue weighted by molar-refractivity contribution is 7.90. The van der Waals surface area contributed by atoms with Crippen LogP contribution in [0.3, 0.4) is 0 Å². The summed E-state index contributed by atoms with van der Waals surface area (Å²) in [5.41, 5.74) is 0.649. The molecule has 0 radical (unpaired) electrons. The topological polar surface area (TPSA) is 85.5 Å². The van der Waals surface area contributed by atoms with Crippen molar-refractivity contribution in [2.24, 2.45) is 17.8 Å². The van der Waals surface area contributed by atoms with Gasteiger partial charge in [0.05, 0.1) is 13.2 Å². The van der Waals surface area contributed by atoms with Crippen LogP contribution in [0.2, 0.25) is 0 Å². The average molecular weight is 438 g/mol. The van der Waals surface area contributed by atoms with Crippen LogP contribution in [-0.2, 0) is 27.6 Å². The van der Waals surface area contributed by atoms with E-state index in [-0.39, 0.29) is 4.90 Å². The second kappa shape index (κ2) is 8.63. The maximum absolute atomic E-state index is 14.0. The highest BCUT2D eigenvalue weighted by Gasteiger charge is 2.43. The van der Waals surface area contributed by atoms with E-state index in [0.29, 0.717) is 42.5 Å². The first kappa shape index (κ1) is 21.2. The largest absolute Gasteiger partial charge is 0.376 e. The molecule has 2 heterocycles. The Labute approximate surface area is 176 Å². The fourth-order valence-corrected chi connectivity index (χ4v) is 5.07. The van der Waals surface area contributed by atoms with Gasteiger partial charge in [0, 0.05) is 25.8 Å². The number of ether oxygens (including phenoxy) is 1. The summed E-state index contributed by atoms with van der Waals surface area (Å²) in [5.74, 6) is 1.96. The zero-order valence-corrected chi connectivity index (χ0v) is 18.2. The van der Waals surface area contributed by atoms with E-state index in [1.807, 2.05) is 6.92 Å². The molecule has 1 aliphatic carbocycles. The first-order chi connectivity index (χ1) is 14.3. The number of hydrogen-bond donors (Lipinski definition) is 0. The Bertz CT molecular complexity index is 986. The van der Waals surface area contributed by atoms with Crippen LogP contribution < -0.4 is 4.90 Å². The number of rotatable bonds is 8. The number of sulfone groups is 1. The molecule has 1 aromatic heterocycles. The Morgan fingerprint density at radius 2 is 2.07 bits per heavy atom. The smallest absolute Gasteiger partial charge is 0.324 e. The molecule has 7 nitrogen and oxygen atoms in total. The van der Waals surface area contributed by atoms with Crippen molar-refractivity contribution in [3.05, 3.63) is 35.4 Å². The van der Waals surface area contributed by atoms with Gasteiger partial charge in [-0.25, -0.2) is 12.8 Å². The molecule has 1 aromatic carbocycles. The van der Waals surface area contributed by atoms with Crippen molar-refractivity contribution in [2.75, 3.05) is 30.9 Å². The molecule has 9 heteroatoms. The molecule has 1 aliphatic heterocycles. The van der Waals surface area contributed by atoms with Crippen LogP contribution in [0.5, 0.6) is 0 Å². The predicted molar refractivity (Wildman–Crippen MR) is 109 cm³/mol. The van der Waals surface area contributed by atoms with Gasteiger partial charge < -0.3 is 14.2 Å². The van der Waals surface area contributed by atoms with Gasteiger partial charge in [-0.05, 0) is 54.7 Å². The highest BCUT2D eigenvalue weighted by atomic mass is 32.2. The van der Waals surface area contributed by atoms with E-state index in [2.05, 4.69) is 15.0 Å². The molecule has 2 aromatic rings. The number of hydrogen-bond acceptors (Lipinski definition) is 7. The van der Waals surface area contributed by atoms with Gasteiger partial charge in [-0.3, -0.25) is 0 Å². The minimum atomic E-state index is -3.55. The molecule has 0 N–H and O–H groups in total. The van der Waals surface area contributed by atoms with Crippen LogP contribution in [0, 0.1) is 23.6 Å². The van der Waals surface area contributed by atoms with Gasteiger partial charge in [-0.15, -0.1) is 0 Å². The molecule has 1 saturated carbocycles. The summed E-state index contributed by atoms with van der Waals surface area (Å²) in [5, 5.41) is 3.97. The lowest BCUT2D eigenvalue weighted by molar-refractivity contribution is 0.104. The van der Waals surface area contributed by atoms with Gasteiger partial charge in [-0.1, -0.05) is 18.1 Å². The van der Waals surface area contributed by atoms with Gasteiger partial charge in [0.2, 0.25) is 0 Å². The van der Waals surface area contributed by atoms with E-state index in [1.165, 1.54) is 18.6 Å². The van der Waals surface area contributed by atoms with Gasteiger partial charge in [0.25, 0.3) is 0 Å².